The maximum Gasteiger partial charge on any atom is 0.219 e. The molecule has 3 heteroatoms. The molecule has 0 fully saturated rings. The summed E-state index contributed by atoms with van der Waals surface area (Å²) < 4.78 is 0. The fraction of sp³-hybridized carbons (Fsp3) is 0.312. The highest BCUT2D eigenvalue weighted by molar-refractivity contribution is 5.93. The van der Waals surface area contributed by atoms with E-state index in [0.717, 1.165) is 19.5 Å². The van der Waals surface area contributed by atoms with Crippen LogP contribution >= 0.6 is 0 Å². The predicted octanol–water partition coefficient (Wildman–Crippen LogP) is 3.11. The normalized spacial score (nSPS) is 15.7. The van der Waals surface area contributed by atoms with Crippen LogP contribution in [0, 0.1) is 6.92 Å². The molecule has 2 aromatic rings. The van der Waals surface area contributed by atoms with Gasteiger partial charge in [0.2, 0.25) is 5.91 Å². The molecule has 0 bridgehead atoms. The first-order valence-corrected chi connectivity index (χ1v) is 6.68. The number of amides is 1. The van der Waals surface area contributed by atoms with Gasteiger partial charge < -0.3 is 9.88 Å². The van der Waals surface area contributed by atoms with Crippen LogP contribution in [0.1, 0.15) is 24.5 Å². The zero-order chi connectivity index (χ0) is 13.4. The molecule has 3 rings (SSSR count). The van der Waals surface area contributed by atoms with Gasteiger partial charge in [0.25, 0.3) is 0 Å². The van der Waals surface area contributed by atoms with Crippen LogP contribution in [0.5, 0.6) is 0 Å². The Bertz CT molecular complexity index is 666. The van der Waals surface area contributed by atoms with E-state index in [-0.39, 0.29) is 5.91 Å². The van der Waals surface area contributed by atoms with Crippen molar-refractivity contribution in [2.75, 3.05) is 13.1 Å². The number of hydrogen-bond acceptors (Lipinski definition) is 1. The molecule has 19 heavy (non-hydrogen) atoms. The number of nitrogens with one attached hydrogen (secondary N) is 1. The molecule has 1 N–H and O–H groups in total. The molecule has 3 nitrogen and oxygen atoms in total. The van der Waals surface area contributed by atoms with E-state index < -0.39 is 0 Å². The van der Waals surface area contributed by atoms with Gasteiger partial charge in [0.05, 0.1) is 0 Å². The fourth-order valence-electron chi connectivity index (χ4n) is 2.70. The van der Waals surface area contributed by atoms with Crippen molar-refractivity contribution in [3.8, 4) is 0 Å². The van der Waals surface area contributed by atoms with Gasteiger partial charge in [-0.1, -0.05) is 17.7 Å². The van der Waals surface area contributed by atoms with E-state index in [4.69, 9.17) is 0 Å². The third kappa shape index (κ3) is 2.16. The molecule has 0 radical (unpaired) electrons. The maximum atomic E-state index is 11.3. The Hall–Kier alpha value is -2.03. The number of aryl methyl sites for hydroxylation is 1. The van der Waals surface area contributed by atoms with Crippen LogP contribution in [-0.4, -0.2) is 28.9 Å². The average Bonchev–Trinajstić information content (AvgIpc) is 2.81. The summed E-state index contributed by atoms with van der Waals surface area (Å²) in [6.07, 6.45) is 5.19. The minimum Gasteiger partial charge on any atom is -0.361 e. The highest BCUT2D eigenvalue weighted by Gasteiger charge is 2.16. The van der Waals surface area contributed by atoms with E-state index in [1.54, 1.807) is 6.92 Å². The van der Waals surface area contributed by atoms with Crippen LogP contribution in [0.25, 0.3) is 16.5 Å². The van der Waals surface area contributed by atoms with E-state index in [1.165, 1.54) is 27.6 Å². The Balaban J connectivity index is 1.97. The second-order valence-corrected chi connectivity index (χ2v) is 5.20. The van der Waals surface area contributed by atoms with E-state index in [0.29, 0.717) is 0 Å². The van der Waals surface area contributed by atoms with Crippen LogP contribution < -0.4 is 0 Å². The van der Waals surface area contributed by atoms with Crippen molar-refractivity contribution in [2.24, 2.45) is 0 Å². The molecule has 98 valence electrons. The first-order chi connectivity index (χ1) is 9.15. The molecule has 1 amide bonds. The Morgan fingerprint density at radius 1 is 1.37 bits per heavy atom. The Kier molecular flexibility index (Phi) is 2.90. The topological polar surface area (TPSA) is 36.1 Å². The standard InChI is InChI=1S/C16H18N2O/c1-11-3-4-16-14(9-11)15(10-17-16)13-5-7-18(8-6-13)12(2)19/h3-5,9-10,17H,6-8H2,1-2H3. The van der Waals surface area contributed by atoms with E-state index in [1.807, 2.05) is 4.90 Å². The second-order valence-electron chi connectivity index (χ2n) is 5.20. The number of fused-ring (bicyclic) bond motifs is 1. The van der Waals surface area contributed by atoms with Gasteiger partial charge >= 0.3 is 0 Å². The number of carbonyl (C=O) groups excluding carboxylic acids is 1. The predicted molar refractivity (Wildman–Crippen MR) is 77.9 cm³/mol. The maximum absolute atomic E-state index is 11.3. The molecule has 0 unspecified atom stereocenters. The monoisotopic (exact) mass is 254 g/mol. The molecule has 2 heterocycles. The number of aromatic nitrogens is 1. The quantitative estimate of drug-likeness (QED) is 0.834. The van der Waals surface area contributed by atoms with Crippen molar-refractivity contribution in [2.45, 2.75) is 20.3 Å². The molecule has 0 aliphatic carbocycles. The van der Waals surface area contributed by atoms with Gasteiger partial charge in [-0.2, -0.15) is 0 Å². The molecule has 1 aliphatic rings. The number of hydrogen-bond donors (Lipinski definition) is 1. The van der Waals surface area contributed by atoms with E-state index >= 15 is 0 Å². The molecule has 0 saturated carbocycles. The summed E-state index contributed by atoms with van der Waals surface area (Å²) in [5.41, 5.74) is 5.07. The average molecular weight is 254 g/mol. The molecular weight excluding hydrogens is 236 g/mol. The Labute approximate surface area is 112 Å². The Morgan fingerprint density at radius 3 is 2.89 bits per heavy atom. The summed E-state index contributed by atoms with van der Waals surface area (Å²) in [7, 11) is 0. The first-order valence-electron chi connectivity index (χ1n) is 6.68. The molecule has 0 spiro atoms. The van der Waals surface area contributed by atoms with Gasteiger partial charge in [-0.05, 0) is 31.1 Å². The number of rotatable bonds is 1. The lowest BCUT2D eigenvalue weighted by Gasteiger charge is -2.25. The highest BCUT2D eigenvalue weighted by atomic mass is 16.2. The minimum atomic E-state index is 0.157. The molecule has 0 atom stereocenters. The SMILES string of the molecule is CC(=O)N1CC=C(c2c[nH]c3ccc(C)cc23)CC1. The van der Waals surface area contributed by atoms with Gasteiger partial charge in [0.1, 0.15) is 0 Å². The lowest BCUT2D eigenvalue weighted by Crippen LogP contribution is -2.32. The van der Waals surface area contributed by atoms with Gasteiger partial charge in [0, 0.05) is 42.7 Å². The summed E-state index contributed by atoms with van der Waals surface area (Å²) >= 11 is 0. The highest BCUT2D eigenvalue weighted by Crippen LogP contribution is 2.29. The summed E-state index contributed by atoms with van der Waals surface area (Å²) in [6.45, 7) is 5.29. The van der Waals surface area contributed by atoms with Crippen molar-refractivity contribution in [1.29, 1.82) is 0 Å². The van der Waals surface area contributed by atoms with Crippen molar-refractivity contribution in [3.63, 3.8) is 0 Å². The second kappa shape index (κ2) is 4.57. The van der Waals surface area contributed by atoms with Crippen molar-refractivity contribution >= 4 is 22.4 Å². The number of benzene rings is 1. The van der Waals surface area contributed by atoms with Gasteiger partial charge in [-0.25, -0.2) is 0 Å². The van der Waals surface area contributed by atoms with Crippen molar-refractivity contribution in [3.05, 3.63) is 41.6 Å². The van der Waals surface area contributed by atoms with E-state index in [2.05, 4.69) is 42.4 Å². The Morgan fingerprint density at radius 2 is 2.21 bits per heavy atom. The smallest absolute Gasteiger partial charge is 0.219 e. The van der Waals surface area contributed by atoms with Gasteiger partial charge in [-0.3, -0.25) is 4.79 Å². The largest absolute Gasteiger partial charge is 0.361 e. The minimum absolute atomic E-state index is 0.157. The summed E-state index contributed by atoms with van der Waals surface area (Å²) in [4.78, 5) is 16.5. The number of carbonyl (C=O) groups is 1. The molecular formula is C16H18N2O. The van der Waals surface area contributed by atoms with Crippen molar-refractivity contribution in [1.82, 2.24) is 9.88 Å². The number of aromatic amines is 1. The van der Waals surface area contributed by atoms with Crippen LogP contribution in [0.4, 0.5) is 0 Å². The van der Waals surface area contributed by atoms with Crippen LogP contribution in [0.15, 0.2) is 30.5 Å². The van der Waals surface area contributed by atoms with Crippen LogP contribution in [0.2, 0.25) is 0 Å². The van der Waals surface area contributed by atoms with E-state index in [9.17, 15) is 4.79 Å². The molecule has 1 aliphatic heterocycles. The lowest BCUT2D eigenvalue weighted by molar-refractivity contribution is -0.128. The van der Waals surface area contributed by atoms with Crippen molar-refractivity contribution < 1.29 is 4.79 Å². The molecule has 0 saturated heterocycles. The zero-order valence-corrected chi connectivity index (χ0v) is 11.4. The third-order valence-corrected chi connectivity index (χ3v) is 3.84. The first kappa shape index (κ1) is 12.0. The summed E-state index contributed by atoms with van der Waals surface area (Å²) in [5, 5.41) is 1.28. The zero-order valence-electron chi connectivity index (χ0n) is 11.4. The molecule has 1 aromatic heterocycles. The number of nitrogens with zero attached hydrogens (tertiary/aromatic N) is 1. The fourth-order valence-corrected chi connectivity index (χ4v) is 2.70. The van der Waals surface area contributed by atoms with Gasteiger partial charge in [0.15, 0.2) is 0 Å². The third-order valence-electron chi connectivity index (χ3n) is 3.84. The van der Waals surface area contributed by atoms with Crippen LogP contribution in [-0.2, 0) is 4.79 Å². The van der Waals surface area contributed by atoms with Gasteiger partial charge in [-0.15, -0.1) is 0 Å². The van der Waals surface area contributed by atoms with Crippen LogP contribution in [0.3, 0.4) is 0 Å². The summed E-state index contributed by atoms with van der Waals surface area (Å²) in [5.74, 6) is 0.157. The number of H-pyrrole nitrogens is 1. The lowest BCUT2D eigenvalue weighted by atomic mass is 9.98. The summed E-state index contributed by atoms with van der Waals surface area (Å²) in [6, 6.07) is 6.47. The molecule has 1 aromatic carbocycles.